The van der Waals surface area contributed by atoms with Gasteiger partial charge in [0.25, 0.3) is 5.91 Å². The maximum Gasteiger partial charge on any atom is 0.323 e. The first-order valence-electron chi connectivity index (χ1n) is 12.5. The van der Waals surface area contributed by atoms with E-state index in [-0.39, 0.29) is 11.9 Å². The number of aromatic nitrogens is 3. The van der Waals surface area contributed by atoms with Crippen LogP contribution in [0.5, 0.6) is 0 Å². The molecule has 2 N–H and O–H groups in total. The Bertz CT molecular complexity index is 1240. The number of carbonyl (C=O) groups is 2. The van der Waals surface area contributed by atoms with Crippen LogP contribution in [0, 0.1) is 6.92 Å². The number of anilines is 3. The van der Waals surface area contributed by atoms with E-state index >= 15 is 0 Å². The van der Waals surface area contributed by atoms with Gasteiger partial charge in [0.2, 0.25) is 5.95 Å². The van der Waals surface area contributed by atoms with Gasteiger partial charge in [0.15, 0.2) is 5.82 Å². The SMILES string of the molecule is Cc1nc(-c2ccc(NC(=O)Nc3ccc(C(=O)N(C)CCN(C)C)cc3)cc2)nc(N2CCOCC2)n1. The van der Waals surface area contributed by atoms with Crippen molar-refractivity contribution in [2.45, 2.75) is 6.92 Å². The molecule has 0 saturated carbocycles. The van der Waals surface area contributed by atoms with Crippen molar-refractivity contribution in [3.63, 3.8) is 0 Å². The number of carbonyl (C=O) groups excluding carboxylic acids is 2. The lowest BCUT2D eigenvalue weighted by Gasteiger charge is -2.27. The minimum absolute atomic E-state index is 0.0617. The minimum atomic E-state index is -0.384. The van der Waals surface area contributed by atoms with Crippen molar-refractivity contribution in [2.24, 2.45) is 0 Å². The van der Waals surface area contributed by atoms with Crippen LogP contribution in [0.4, 0.5) is 22.1 Å². The van der Waals surface area contributed by atoms with Crippen LogP contribution in [-0.4, -0.2) is 97.2 Å². The Labute approximate surface area is 222 Å². The first-order chi connectivity index (χ1) is 18.3. The van der Waals surface area contributed by atoms with Gasteiger partial charge in [0.05, 0.1) is 13.2 Å². The van der Waals surface area contributed by atoms with Crippen molar-refractivity contribution >= 4 is 29.3 Å². The number of nitrogens with zero attached hydrogens (tertiary/aromatic N) is 6. The Kier molecular flexibility index (Phi) is 8.82. The van der Waals surface area contributed by atoms with Crippen molar-refractivity contribution in [1.82, 2.24) is 24.8 Å². The minimum Gasteiger partial charge on any atom is -0.378 e. The Morgan fingerprint density at radius 3 is 2.08 bits per heavy atom. The molecule has 1 aliphatic rings. The molecular formula is C27H34N8O3. The lowest BCUT2D eigenvalue weighted by atomic mass is 10.2. The third-order valence-corrected chi connectivity index (χ3v) is 6.05. The fraction of sp³-hybridized carbons (Fsp3) is 0.370. The molecule has 0 aliphatic carbocycles. The maximum absolute atomic E-state index is 12.6. The second-order valence-electron chi connectivity index (χ2n) is 9.37. The molecule has 11 nitrogen and oxygen atoms in total. The number of morpholine rings is 1. The van der Waals surface area contributed by atoms with Crippen LogP contribution in [0.2, 0.25) is 0 Å². The summed E-state index contributed by atoms with van der Waals surface area (Å²) in [4.78, 5) is 44.5. The standard InChI is InChI=1S/C27H34N8O3/c1-19-28-24(32-26(29-19)35-15-17-38-18-16-35)20-5-9-22(10-6-20)30-27(37)31-23-11-7-21(8-12-23)25(36)34(4)14-13-33(2)3/h5-12H,13-18H2,1-4H3,(H2,30,31,37). The smallest absolute Gasteiger partial charge is 0.323 e. The summed E-state index contributed by atoms with van der Waals surface area (Å²) in [6.07, 6.45) is 0. The Hall–Kier alpha value is -4.09. The maximum atomic E-state index is 12.6. The van der Waals surface area contributed by atoms with Gasteiger partial charge in [-0.1, -0.05) is 0 Å². The summed E-state index contributed by atoms with van der Waals surface area (Å²) in [6, 6.07) is 13.8. The summed E-state index contributed by atoms with van der Waals surface area (Å²) in [7, 11) is 5.72. The van der Waals surface area contributed by atoms with Crippen molar-refractivity contribution in [3.8, 4) is 11.4 Å². The predicted octanol–water partition coefficient (Wildman–Crippen LogP) is 2.96. The summed E-state index contributed by atoms with van der Waals surface area (Å²) >= 11 is 0. The van der Waals surface area contributed by atoms with Gasteiger partial charge < -0.3 is 30.1 Å². The monoisotopic (exact) mass is 518 g/mol. The molecule has 38 heavy (non-hydrogen) atoms. The van der Waals surface area contributed by atoms with Crippen molar-refractivity contribution in [2.75, 3.05) is 76.1 Å². The Balaban J connectivity index is 1.34. The van der Waals surface area contributed by atoms with E-state index < -0.39 is 0 Å². The molecule has 4 rings (SSSR count). The Morgan fingerprint density at radius 2 is 1.47 bits per heavy atom. The van der Waals surface area contributed by atoms with Gasteiger partial charge >= 0.3 is 6.03 Å². The molecule has 2 heterocycles. The molecule has 0 radical (unpaired) electrons. The lowest BCUT2D eigenvalue weighted by molar-refractivity contribution is 0.0786. The molecule has 0 bridgehead atoms. The van der Waals surface area contributed by atoms with Gasteiger partial charge in [0, 0.05) is 55.7 Å². The van der Waals surface area contributed by atoms with Crippen LogP contribution >= 0.6 is 0 Å². The highest BCUT2D eigenvalue weighted by Crippen LogP contribution is 2.21. The highest BCUT2D eigenvalue weighted by Gasteiger charge is 2.16. The van der Waals surface area contributed by atoms with E-state index in [2.05, 4.69) is 30.5 Å². The first kappa shape index (κ1) is 27.0. The molecule has 2 aromatic carbocycles. The number of urea groups is 1. The molecule has 1 aliphatic heterocycles. The van der Waals surface area contributed by atoms with Crippen LogP contribution in [0.3, 0.4) is 0 Å². The lowest BCUT2D eigenvalue weighted by Crippen LogP contribution is -2.37. The van der Waals surface area contributed by atoms with Gasteiger partial charge in [-0.15, -0.1) is 0 Å². The normalized spacial score (nSPS) is 13.3. The van der Waals surface area contributed by atoms with E-state index in [0.717, 1.165) is 25.2 Å². The van der Waals surface area contributed by atoms with Gasteiger partial charge in [-0.3, -0.25) is 4.79 Å². The largest absolute Gasteiger partial charge is 0.378 e. The average molecular weight is 519 g/mol. The number of hydrogen-bond acceptors (Lipinski definition) is 8. The highest BCUT2D eigenvalue weighted by molar-refractivity contribution is 6.00. The first-order valence-corrected chi connectivity index (χ1v) is 12.5. The van der Waals surface area contributed by atoms with E-state index in [1.807, 2.05) is 38.1 Å². The van der Waals surface area contributed by atoms with Crippen LogP contribution in [0.15, 0.2) is 48.5 Å². The molecule has 1 fully saturated rings. The molecule has 0 atom stereocenters. The van der Waals surface area contributed by atoms with Crippen molar-refractivity contribution < 1.29 is 14.3 Å². The van der Waals surface area contributed by atoms with Gasteiger partial charge in [0.1, 0.15) is 5.82 Å². The molecule has 11 heteroatoms. The van der Waals surface area contributed by atoms with E-state index in [0.29, 0.717) is 54.3 Å². The summed E-state index contributed by atoms with van der Waals surface area (Å²) in [5, 5.41) is 5.61. The molecule has 200 valence electrons. The molecule has 1 aromatic heterocycles. The number of nitrogens with one attached hydrogen (secondary N) is 2. The molecule has 0 spiro atoms. The zero-order chi connectivity index (χ0) is 27.1. The summed E-state index contributed by atoms with van der Waals surface area (Å²) < 4.78 is 5.42. The summed E-state index contributed by atoms with van der Waals surface area (Å²) in [6.45, 7) is 6.06. The second-order valence-corrected chi connectivity index (χ2v) is 9.37. The van der Waals surface area contributed by atoms with Crippen molar-refractivity contribution in [3.05, 3.63) is 59.9 Å². The summed E-state index contributed by atoms with van der Waals surface area (Å²) in [5.74, 6) is 1.81. The molecule has 3 amide bonds. The van der Waals surface area contributed by atoms with Crippen LogP contribution in [0.1, 0.15) is 16.2 Å². The molecule has 1 saturated heterocycles. The number of likely N-dealkylation sites (N-methyl/N-ethyl adjacent to an activating group) is 2. The molecular weight excluding hydrogens is 484 g/mol. The second kappa shape index (κ2) is 12.4. The van der Waals surface area contributed by atoms with E-state index in [1.165, 1.54) is 0 Å². The molecule has 0 unspecified atom stereocenters. The number of hydrogen-bond donors (Lipinski definition) is 2. The molecule has 3 aromatic rings. The fourth-order valence-electron chi connectivity index (χ4n) is 3.87. The fourth-order valence-corrected chi connectivity index (χ4v) is 3.87. The third-order valence-electron chi connectivity index (χ3n) is 6.05. The zero-order valence-corrected chi connectivity index (χ0v) is 22.3. The van der Waals surface area contributed by atoms with Crippen molar-refractivity contribution in [1.29, 1.82) is 0 Å². The number of ether oxygens (including phenoxy) is 1. The number of amides is 3. The summed E-state index contributed by atoms with van der Waals surface area (Å²) in [5.41, 5.74) is 2.60. The zero-order valence-electron chi connectivity index (χ0n) is 22.3. The van der Waals surface area contributed by atoms with E-state index in [4.69, 9.17) is 4.74 Å². The topological polar surface area (TPSA) is 116 Å². The number of benzene rings is 2. The average Bonchev–Trinajstić information content (AvgIpc) is 2.92. The highest BCUT2D eigenvalue weighted by atomic mass is 16.5. The number of aryl methyl sites for hydroxylation is 1. The van der Waals surface area contributed by atoms with Gasteiger partial charge in [-0.05, 0) is 69.6 Å². The van der Waals surface area contributed by atoms with Crippen LogP contribution < -0.4 is 15.5 Å². The predicted molar refractivity (Wildman–Crippen MR) is 148 cm³/mol. The number of rotatable bonds is 8. The Morgan fingerprint density at radius 1 is 0.868 bits per heavy atom. The van der Waals surface area contributed by atoms with Crippen LogP contribution in [-0.2, 0) is 4.74 Å². The quantitative estimate of drug-likeness (QED) is 0.468. The van der Waals surface area contributed by atoms with Crippen LogP contribution in [0.25, 0.3) is 11.4 Å². The van der Waals surface area contributed by atoms with E-state index in [1.54, 1.807) is 48.3 Å². The van der Waals surface area contributed by atoms with Gasteiger partial charge in [-0.25, -0.2) is 9.78 Å². The van der Waals surface area contributed by atoms with Gasteiger partial charge in [-0.2, -0.15) is 9.97 Å². The van der Waals surface area contributed by atoms with E-state index in [9.17, 15) is 9.59 Å². The third kappa shape index (κ3) is 7.24.